The predicted molar refractivity (Wildman–Crippen MR) is 119 cm³/mol. The van der Waals surface area contributed by atoms with Gasteiger partial charge >= 0.3 is 0 Å². The highest BCUT2D eigenvalue weighted by molar-refractivity contribution is 5.85. The maximum Gasteiger partial charge on any atom is -0.00773 e. The third kappa shape index (κ3) is 21.9. The number of unbranched alkanes of at least 4 members (excludes halogenated alkanes) is 13. The Morgan fingerprint density at radius 3 is 1.40 bits per heavy atom. The molecule has 0 aliphatic carbocycles. The van der Waals surface area contributed by atoms with Crippen LogP contribution in [-0.4, -0.2) is 6.54 Å². The third-order valence-corrected chi connectivity index (χ3v) is 5.04. The lowest BCUT2D eigenvalue weighted by molar-refractivity contribution is 0.547. The van der Waals surface area contributed by atoms with Gasteiger partial charge in [-0.25, -0.2) is 0 Å². The van der Waals surface area contributed by atoms with Crippen LogP contribution < -0.4 is 5.73 Å². The van der Waals surface area contributed by atoms with Crippen molar-refractivity contribution in [2.24, 2.45) is 5.73 Å². The van der Waals surface area contributed by atoms with Gasteiger partial charge in [-0.2, -0.15) is 0 Å². The van der Waals surface area contributed by atoms with Crippen LogP contribution in [-0.2, 0) is 0 Å². The summed E-state index contributed by atoms with van der Waals surface area (Å²) in [5.74, 6) is 0. The van der Waals surface area contributed by atoms with Crippen molar-refractivity contribution >= 4 is 12.4 Å². The second-order valence-corrected chi connectivity index (χ2v) is 7.54. The third-order valence-electron chi connectivity index (χ3n) is 5.04. The molecule has 0 bridgehead atoms. The maximum absolute atomic E-state index is 5.51. The first-order chi connectivity index (χ1) is 11.8. The molecule has 0 saturated heterocycles. The van der Waals surface area contributed by atoms with Crippen LogP contribution in [0.1, 0.15) is 129 Å². The van der Waals surface area contributed by atoms with Crippen molar-refractivity contribution in [3.63, 3.8) is 0 Å². The summed E-state index contributed by atoms with van der Waals surface area (Å²) in [6, 6.07) is 0. The Morgan fingerprint density at radius 1 is 0.600 bits per heavy atom. The normalized spacial score (nSPS) is 10.5. The van der Waals surface area contributed by atoms with Crippen molar-refractivity contribution in [3.8, 4) is 0 Å². The largest absolute Gasteiger partial charge is 0.330 e. The van der Waals surface area contributed by atoms with Gasteiger partial charge in [-0.1, -0.05) is 96.1 Å². The average molecular weight is 374 g/mol. The molecule has 0 aromatic rings. The number of nitrogens with two attached hydrogens (primary N) is 1. The van der Waals surface area contributed by atoms with E-state index in [1.165, 1.54) is 116 Å². The van der Waals surface area contributed by atoms with Crippen molar-refractivity contribution in [2.45, 2.75) is 129 Å². The Bertz CT molecular complexity index is 253. The molecular formula is C23H48ClN. The minimum Gasteiger partial charge on any atom is -0.330 e. The summed E-state index contributed by atoms with van der Waals surface area (Å²) in [4.78, 5) is 0. The fourth-order valence-corrected chi connectivity index (χ4v) is 3.32. The van der Waals surface area contributed by atoms with Crippen LogP contribution in [0.4, 0.5) is 0 Å². The second-order valence-electron chi connectivity index (χ2n) is 7.54. The van der Waals surface area contributed by atoms with E-state index in [-0.39, 0.29) is 12.4 Å². The molecule has 0 fully saturated rings. The molecule has 1 nitrogen and oxygen atoms in total. The molecule has 2 N–H and O–H groups in total. The molecule has 0 aliphatic heterocycles. The molecule has 152 valence electrons. The molecule has 0 aliphatic rings. The zero-order valence-electron chi connectivity index (χ0n) is 17.5. The number of hydrogen-bond acceptors (Lipinski definition) is 1. The first-order valence-corrected chi connectivity index (χ1v) is 11.2. The number of hydrogen-bond donors (Lipinski definition) is 1. The second kappa shape index (κ2) is 24.0. The lowest BCUT2D eigenvalue weighted by Crippen LogP contribution is -1.97. The lowest BCUT2D eigenvalue weighted by atomic mass is 10.00. The predicted octanol–water partition coefficient (Wildman–Crippen LogP) is 8.35. The SMILES string of the molecule is CCCCC(=CCCCCCCCCCCCCCN)CCCC.Cl. The number of allylic oxidation sites excluding steroid dienone is 2. The lowest BCUT2D eigenvalue weighted by Gasteiger charge is -2.07. The summed E-state index contributed by atoms with van der Waals surface area (Å²) in [5, 5.41) is 0. The number of rotatable bonds is 19. The van der Waals surface area contributed by atoms with Gasteiger partial charge in [-0.3, -0.25) is 0 Å². The van der Waals surface area contributed by atoms with Crippen molar-refractivity contribution in [1.29, 1.82) is 0 Å². The van der Waals surface area contributed by atoms with E-state index in [1.54, 1.807) is 5.57 Å². The maximum atomic E-state index is 5.51. The highest BCUT2D eigenvalue weighted by Crippen LogP contribution is 2.17. The molecule has 0 saturated carbocycles. The quantitative estimate of drug-likeness (QED) is 0.178. The van der Waals surface area contributed by atoms with Crippen molar-refractivity contribution in [2.75, 3.05) is 6.54 Å². The Hall–Kier alpha value is -0.0100. The van der Waals surface area contributed by atoms with Crippen molar-refractivity contribution in [3.05, 3.63) is 11.6 Å². The van der Waals surface area contributed by atoms with E-state index >= 15 is 0 Å². The van der Waals surface area contributed by atoms with Crippen LogP contribution in [0.3, 0.4) is 0 Å². The minimum absolute atomic E-state index is 0. The summed E-state index contributed by atoms with van der Waals surface area (Å²) < 4.78 is 0. The van der Waals surface area contributed by atoms with E-state index in [2.05, 4.69) is 19.9 Å². The fraction of sp³-hybridized carbons (Fsp3) is 0.913. The Kier molecular flexibility index (Phi) is 26.1. The summed E-state index contributed by atoms with van der Waals surface area (Å²) >= 11 is 0. The van der Waals surface area contributed by atoms with Crippen LogP contribution in [0, 0.1) is 0 Å². The van der Waals surface area contributed by atoms with Gasteiger partial charge in [0.1, 0.15) is 0 Å². The zero-order chi connectivity index (χ0) is 17.7. The van der Waals surface area contributed by atoms with E-state index in [9.17, 15) is 0 Å². The van der Waals surface area contributed by atoms with Crippen LogP contribution in [0.2, 0.25) is 0 Å². The molecule has 0 heterocycles. The topological polar surface area (TPSA) is 26.0 Å². The Labute approximate surface area is 166 Å². The van der Waals surface area contributed by atoms with Gasteiger partial charge < -0.3 is 5.73 Å². The average Bonchev–Trinajstić information content (AvgIpc) is 2.60. The monoisotopic (exact) mass is 373 g/mol. The van der Waals surface area contributed by atoms with Gasteiger partial charge in [0.2, 0.25) is 0 Å². The van der Waals surface area contributed by atoms with Gasteiger partial charge in [-0.15, -0.1) is 12.4 Å². The summed E-state index contributed by atoms with van der Waals surface area (Å²) in [6.07, 6.45) is 27.4. The van der Waals surface area contributed by atoms with Crippen LogP contribution in [0.15, 0.2) is 11.6 Å². The molecule has 0 aromatic heterocycles. The van der Waals surface area contributed by atoms with E-state index in [0.717, 1.165) is 6.54 Å². The van der Waals surface area contributed by atoms with Gasteiger partial charge in [-0.05, 0) is 51.5 Å². The van der Waals surface area contributed by atoms with E-state index in [4.69, 9.17) is 5.73 Å². The molecule has 0 atom stereocenters. The van der Waals surface area contributed by atoms with Gasteiger partial charge in [0.25, 0.3) is 0 Å². The van der Waals surface area contributed by atoms with Crippen LogP contribution in [0.5, 0.6) is 0 Å². The van der Waals surface area contributed by atoms with Crippen LogP contribution in [0.25, 0.3) is 0 Å². The highest BCUT2D eigenvalue weighted by Gasteiger charge is 1.97. The molecule has 0 rings (SSSR count). The first kappa shape index (κ1) is 27.2. The van der Waals surface area contributed by atoms with Gasteiger partial charge in [0.15, 0.2) is 0 Å². The molecular weight excluding hydrogens is 326 g/mol. The molecule has 0 spiro atoms. The Morgan fingerprint density at radius 2 is 1.00 bits per heavy atom. The first-order valence-electron chi connectivity index (χ1n) is 11.2. The van der Waals surface area contributed by atoms with E-state index in [0.29, 0.717) is 0 Å². The molecule has 0 radical (unpaired) electrons. The minimum atomic E-state index is 0. The standard InChI is InChI=1S/C23H47N.ClH/c1-3-5-19-23(20-6-4-2)21-17-15-13-11-9-7-8-10-12-14-16-18-22-24;/h21H,3-20,22,24H2,1-2H3;1H. The molecule has 25 heavy (non-hydrogen) atoms. The number of halogens is 1. The molecule has 2 heteroatoms. The smallest absolute Gasteiger partial charge is 0.00773 e. The van der Waals surface area contributed by atoms with Gasteiger partial charge in [0.05, 0.1) is 0 Å². The summed E-state index contributed by atoms with van der Waals surface area (Å²) in [6.45, 7) is 5.48. The summed E-state index contributed by atoms with van der Waals surface area (Å²) in [5.41, 5.74) is 7.26. The van der Waals surface area contributed by atoms with Crippen molar-refractivity contribution < 1.29 is 0 Å². The zero-order valence-corrected chi connectivity index (χ0v) is 18.3. The van der Waals surface area contributed by atoms with Gasteiger partial charge in [0, 0.05) is 0 Å². The highest BCUT2D eigenvalue weighted by atomic mass is 35.5. The van der Waals surface area contributed by atoms with Crippen LogP contribution >= 0.6 is 12.4 Å². The Balaban J connectivity index is 0. The summed E-state index contributed by atoms with van der Waals surface area (Å²) in [7, 11) is 0. The van der Waals surface area contributed by atoms with E-state index < -0.39 is 0 Å². The molecule has 0 unspecified atom stereocenters. The molecule has 0 amide bonds. The van der Waals surface area contributed by atoms with Crippen molar-refractivity contribution in [1.82, 2.24) is 0 Å². The van der Waals surface area contributed by atoms with E-state index in [1.807, 2.05) is 0 Å². The fourth-order valence-electron chi connectivity index (χ4n) is 3.32. The molecule has 0 aromatic carbocycles.